The van der Waals surface area contributed by atoms with Gasteiger partial charge >= 0.3 is 0 Å². The highest BCUT2D eigenvalue weighted by atomic mass is 16.2. The largest absolute Gasteiger partial charge is 0.338 e. The van der Waals surface area contributed by atoms with Crippen molar-refractivity contribution in [2.75, 3.05) is 6.54 Å². The summed E-state index contributed by atoms with van der Waals surface area (Å²) in [5.74, 6) is 0.176. The van der Waals surface area contributed by atoms with Gasteiger partial charge < -0.3 is 10.6 Å². The molecule has 2 aliphatic heterocycles. The van der Waals surface area contributed by atoms with Crippen LogP contribution < -0.4 is 5.73 Å². The first kappa shape index (κ1) is 6.16. The molecule has 10 heavy (non-hydrogen) atoms. The smallest absolute Gasteiger partial charge is 0.219 e. The summed E-state index contributed by atoms with van der Waals surface area (Å²) >= 11 is 0. The Balaban J connectivity index is 2.12. The summed E-state index contributed by atoms with van der Waals surface area (Å²) in [5, 5.41) is 0. The third-order valence-electron chi connectivity index (χ3n) is 2.61. The summed E-state index contributed by atoms with van der Waals surface area (Å²) in [6, 6.07) is 0.475. The van der Waals surface area contributed by atoms with Crippen LogP contribution in [0.2, 0.25) is 0 Å². The van der Waals surface area contributed by atoms with Gasteiger partial charge in [-0.15, -0.1) is 0 Å². The average Bonchev–Trinajstić information content (AvgIpc) is 2.17. The molecule has 0 aromatic rings. The molecule has 0 unspecified atom stereocenters. The van der Waals surface area contributed by atoms with E-state index in [9.17, 15) is 4.79 Å². The number of fused-ring (bicyclic) bond motifs is 1. The maximum Gasteiger partial charge on any atom is 0.219 e. The lowest BCUT2D eigenvalue weighted by molar-refractivity contribution is -0.128. The summed E-state index contributed by atoms with van der Waals surface area (Å²) in [6.07, 6.45) is 2.04. The molecular formula is C7H12N2O. The molecule has 1 amide bonds. The Labute approximate surface area is 60.2 Å². The monoisotopic (exact) mass is 140 g/mol. The summed E-state index contributed by atoms with van der Waals surface area (Å²) in [6.45, 7) is 2.40. The molecule has 0 spiro atoms. The number of nitrogens with two attached hydrogens (primary N) is 1. The van der Waals surface area contributed by atoms with Crippen molar-refractivity contribution in [2.45, 2.75) is 31.3 Å². The minimum absolute atomic E-state index is 0.00363. The van der Waals surface area contributed by atoms with Crippen molar-refractivity contribution in [3.05, 3.63) is 0 Å². The number of hydrogen-bond acceptors (Lipinski definition) is 2. The molecule has 2 saturated heterocycles. The molecule has 0 radical (unpaired) electrons. The van der Waals surface area contributed by atoms with Crippen LogP contribution in [-0.4, -0.2) is 28.9 Å². The minimum Gasteiger partial charge on any atom is -0.338 e. The molecular weight excluding hydrogens is 128 g/mol. The van der Waals surface area contributed by atoms with E-state index in [-0.39, 0.29) is 11.4 Å². The van der Waals surface area contributed by atoms with Crippen molar-refractivity contribution in [1.29, 1.82) is 0 Å². The topological polar surface area (TPSA) is 46.3 Å². The fraction of sp³-hybridized carbons (Fsp3) is 0.857. The number of carbonyl (C=O) groups is 1. The molecule has 1 aliphatic carbocycles. The third kappa shape index (κ3) is 0.611. The molecule has 3 heteroatoms. The Bertz CT molecular complexity index is 184. The Morgan fingerprint density at radius 2 is 2.30 bits per heavy atom. The van der Waals surface area contributed by atoms with Crippen molar-refractivity contribution in [3.63, 3.8) is 0 Å². The lowest BCUT2D eigenvalue weighted by Gasteiger charge is -2.32. The zero-order chi connectivity index (χ0) is 7.35. The highest BCUT2D eigenvalue weighted by molar-refractivity contribution is 5.75. The van der Waals surface area contributed by atoms with Crippen LogP contribution in [0.1, 0.15) is 19.8 Å². The van der Waals surface area contributed by atoms with Crippen LogP contribution >= 0.6 is 0 Å². The van der Waals surface area contributed by atoms with E-state index >= 15 is 0 Å². The Hall–Kier alpha value is -0.570. The molecule has 2 N–H and O–H groups in total. The van der Waals surface area contributed by atoms with E-state index in [1.807, 2.05) is 4.90 Å². The van der Waals surface area contributed by atoms with Crippen LogP contribution in [0.4, 0.5) is 0 Å². The number of amides is 1. The highest BCUT2D eigenvalue weighted by Gasteiger charge is 2.53. The number of rotatable bonds is 0. The van der Waals surface area contributed by atoms with Gasteiger partial charge in [-0.25, -0.2) is 0 Å². The molecule has 3 fully saturated rings. The predicted octanol–water partition coefficient (Wildman–Crippen LogP) is -0.292. The maximum absolute atomic E-state index is 10.9. The predicted molar refractivity (Wildman–Crippen MR) is 37.3 cm³/mol. The van der Waals surface area contributed by atoms with Gasteiger partial charge in [0, 0.05) is 25.0 Å². The van der Waals surface area contributed by atoms with Crippen LogP contribution in [0, 0.1) is 0 Å². The molecule has 0 aromatic carbocycles. The first-order valence-electron chi connectivity index (χ1n) is 3.67. The Morgan fingerprint density at radius 3 is 2.50 bits per heavy atom. The number of hydrogen-bond donors (Lipinski definition) is 1. The van der Waals surface area contributed by atoms with Crippen LogP contribution in [0.15, 0.2) is 0 Å². The van der Waals surface area contributed by atoms with Gasteiger partial charge in [-0.05, 0) is 12.8 Å². The van der Waals surface area contributed by atoms with Crippen molar-refractivity contribution < 1.29 is 4.79 Å². The fourth-order valence-electron chi connectivity index (χ4n) is 2.07. The second kappa shape index (κ2) is 1.53. The summed E-state index contributed by atoms with van der Waals surface area (Å²) in [5.41, 5.74) is 5.87. The number of carbonyl (C=O) groups excluding carboxylic acids is 1. The lowest BCUT2D eigenvalue weighted by Crippen LogP contribution is -2.48. The van der Waals surface area contributed by atoms with Crippen LogP contribution in [0.25, 0.3) is 0 Å². The molecule has 3 aliphatic rings. The van der Waals surface area contributed by atoms with Crippen molar-refractivity contribution in [3.8, 4) is 0 Å². The maximum atomic E-state index is 10.9. The molecule has 56 valence electrons. The van der Waals surface area contributed by atoms with E-state index in [2.05, 4.69) is 0 Å². The van der Waals surface area contributed by atoms with E-state index in [4.69, 9.17) is 5.73 Å². The lowest BCUT2D eigenvalue weighted by atomic mass is 9.79. The average molecular weight is 140 g/mol. The normalized spacial score (nSPS) is 43.4. The first-order valence-corrected chi connectivity index (χ1v) is 3.67. The Kier molecular flexibility index (Phi) is 0.944. The van der Waals surface area contributed by atoms with Crippen LogP contribution in [0.5, 0.6) is 0 Å². The summed E-state index contributed by atoms with van der Waals surface area (Å²) < 4.78 is 0. The van der Waals surface area contributed by atoms with Gasteiger partial charge in [0.15, 0.2) is 0 Å². The number of nitrogens with zero attached hydrogens (tertiary/aromatic N) is 1. The van der Waals surface area contributed by atoms with Gasteiger partial charge in [0.05, 0.1) is 0 Å². The SMILES string of the molecule is CC(=O)N1CC2(N)CC1C2. The first-order chi connectivity index (χ1) is 4.61. The molecule has 0 atom stereocenters. The van der Waals surface area contributed by atoms with Gasteiger partial charge in [0.1, 0.15) is 0 Å². The zero-order valence-electron chi connectivity index (χ0n) is 6.13. The minimum atomic E-state index is -0.00363. The molecule has 2 heterocycles. The molecule has 1 saturated carbocycles. The quantitative estimate of drug-likeness (QED) is 0.502. The van der Waals surface area contributed by atoms with Crippen LogP contribution in [-0.2, 0) is 4.79 Å². The van der Waals surface area contributed by atoms with Gasteiger partial charge in [0.25, 0.3) is 0 Å². The van der Waals surface area contributed by atoms with E-state index in [0.29, 0.717) is 6.04 Å². The molecule has 3 rings (SSSR count). The standard InChI is InChI=1S/C7H12N2O/c1-5(10)9-4-7(8)2-6(9)3-7/h6H,2-4,8H2,1H3. The zero-order valence-corrected chi connectivity index (χ0v) is 6.13. The van der Waals surface area contributed by atoms with Gasteiger partial charge in [0.2, 0.25) is 5.91 Å². The second-order valence-corrected chi connectivity index (χ2v) is 3.57. The van der Waals surface area contributed by atoms with Crippen molar-refractivity contribution >= 4 is 5.91 Å². The van der Waals surface area contributed by atoms with Gasteiger partial charge in [-0.2, -0.15) is 0 Å². The second-order valence-electron chi connectivity index (χ2n) is 3.57. The van der Waals surface area contributed by atoms with E-state index in [1.165, 1.54) is 0 Å². The van der Waals surface area contributed by atoms with Crippen molar-refractivity contribution in [1.82, 2.24) is 4.90 Å². The van der Waals surface area contributed by atoms with E-state index in [0.717, 1.165) is 19.4 Å². The Morgan fingerprint density at radius 1 is 1.70 bits per heavy atom. The van der Waals surface area contributed by atoms with E-state index < -0.39 is 0 Å². The van der Waals surface area contributed by atoms with Crippen molar-refractivity contribution in [2.24, 2.45) is 5.73 Å². The summed E-state index contributed by atoms with van der Waals surface area (Å²) in [4.78, 5) is 12.8. The van der Waals surface area contributed by atoms with Crippen LogP contribution in [0.3, 0.4) is 0 Å². The highest BCUT2D eigenvalue weighted by Crippen LogP contribution is 2.42. The van der Waals surface area contributed by atoms with Gasteiger partial charge in [-0.1, -0.05) is 0 Å². The van der Waals surface area contributed by atoms with E-state index in [1.54, 1.807) is 6.92 Å². The fourth-order valence-corrected chi connectivity index (χ4v) is 2.07. The molecule has 0 aromatic heterocycles. The molecule has 2 bridgehead atoms. The molecule has 3 nitrogen and oxygen atoms in total. The summed E-state index contributed by atoms with van der Waals surface area (Å²) in [7, 11) is 0. The third-order valence-corrected chi connectivity index (χ3v) is 2.61. The van der Waals surface area contributed by atoms with Gasteiger partial charge in [-0.3, -0.25) is 4.79 Å².